The second kappa shape index (κ2) is 7.81. The average molecular weight is 432 g/mol. The van der Waals surface area contributed by atoms with Crippen LogP contribution < -0.4 is 10.2 Å². The Bertz CT molecular complexity index is 1140. The van der Waals surface area contributed by atoms with E-state index in [9.17, 15) is 0 Å². The van der Waals surface area contributed by atoms with E-state index in [1.165, 1.54) is 19.3 Å². The maximum atomic E-state index is 4.86. The highest BCUT2D eigenvalue weighted by Gasteiger charge is 2.38. The molecule has 9 nitrogen and oxygen atoms in total. The molecule has 3 aliphatic rings. The molecule has 1 spiro atoms. The Morgan fingerprint density at radius 2 is 1.78 bits per heavy atom. The van der Waals surface area contributed by atoms with E-state index in [-0.39, 0.29) is 5.54 Å². The lowest BCUT2D eigenvalue weighted by Crippen LogP contribution is -2.44. The van der Waals surface area contributed by atoms with Gasteiger partial charge in [-0.3, -0.25) is 4.57 Å². The van der Waals surface area contributed by atoms with Crippen LogP contribution in [0.1, 0.15) is 38.5 Å². The number of piperazine rings is 1. The highest BCUT2D eigenvalue weighted by molar-refractivity contribution is 5.78. The van der Waals surface area contributed by atoms with Crippen molar-refractivity contribution in [2.75, 3.05) is 43.4 Å². The molecular weight excluding hydrogens is 402 g/mol. The van der Waals surface area contributed by atoms with Crippen molar-refractivity contribution in [3.8, 4) is 0 Å². The molecule has 9 heteroatoms. The molecule has 2 aliphatic heterocycles. The van der Waals surface area contributed by atoms with Gasteiger partial charge in [-0.05, 0) is 32.0 Å². The number of hydrogen-bond acceptors (Lipinski definition) is 8. The SMILES string of the molecule is CN1CCN(c2ccc(Nc3ncc4nc5n(c4n3)C3(CC=N5)CCCCC3)nc2)CC1. The highest BCUT2D eigenvalue weighted by Crippen LogP contribution is 2.43. The summed E-state index contributed by atoms with van der Waals surface area (Å²) in [6, 6.07) is 4.12. The van der Waals surface area contributed by atoms with Crippen molar-refractivity contribution in [3.05, 3.63) is 24.5 Å². The summed E-state index contributed by atoms with van der Waals surface area (Å²) < 4.78 is 2.28. The van der Waals surface area contributed by atoms with E-state index in [1.807, 2.05) is 18.5 Å². The third kappa shape index (κ3) is 3.40. The van der Waals surface area contributed by atoms with E-state index in [2.05, 4.69) is 47.8 Å². The van der Waals surface area contributed by atoms with Crippen LogP contribution in [0.15, 0.2) is 29.5 Å². The topological polar surface area (TPSA) is 87.4 Å². The molecule has 3 aromatic rings. The highest BCUT2D eigenvalue weighted by atomic mass is 15.3. The molecule has 0 atom stereocenters. The first kappa shape index (κ1) is 19.6. The minimum atomic E-state index is 0.0537. The quantitative estimate of drug-likeness (QED) is 0.679. The van der Waals surface area contributed by atoms with Gasteiger partial charge in [-0.15, -0.1) is 0 Å². The number of fused-ring (bicyclic) bond motifs is 4. The number of rotatable bonds is 3. The van der Waals surface area contributed by atoms with Crippen molar-refractivity contribution in [2.24, 2.45) is 4.99 Å². The zero-order valence-corrected chi connectivity index (χ0v) is 18.5. The van der Waals surface area contributed by atoms with Crippen molar-refractivity contribution in [1.82, 2.24) is 29.4 Å². The van der Waals surface area contributed by atoms with Crippen LogP contribution in [-0.4, -0.2) is 68.8 Å². The number of nitrogens with one attached hydrogen (secondary N) is 1. The maximum Gasteiger partial charge on any atom is 0.232 e. The van der Waals surface area contributed by atoms with Crippen LogP contribution in [0, 0.1) is 0 Å². The lowest BCUT2D eigenvalue weighted by molar-refractivity contribution is 0.207. The van der Waals surface area contributed by atoms with Gasteiger partial charge in [0.2, 0.25) is 11.9 Å². The molecule has 0 radical (unpaired) electrons. The Morgan fingerprint density at radius 3 is 2.56 bits per heavy atom. The van der Waals surface area contributed by atoms with Crippen LogP contribution in [0.3, 0.4) is 0 Å². The number of likely N-dealkylation sites (N-methyl/N-ethyl adjacent to an activating group) is 1. The van der Waals surface area contributed by atoms with Crippen LogP contribution in [0.2, 0.25) is 0 Å². The second-order valence-corrected chi connectivity index (χ2v) is 9.27. The van der Waals surface area contributed by atoms with E-state index < -0.39 is 0 Å². The molecule has 1 aliphatic carbocycles. The van der Waals surface area contributed by atoms with Gasteiger partial charge in [0.25, 0.3) is 0 Å². The summed E-state index contributed by atoms with van der Waals surface area (Å²) in [4.78, 5) is 28.0. The molecule has 0 amide bonds. The first-order chi connectivity index (χ1) is 15.7. The zero-order chi connectivity index (χ0) is 21.5. The Hall–Kier alpha value is -3.07. The van der Waals surface area contributed by atoms with Gasteiger partial charge in [-0.2, -0.15) is 4.98 Å². The van der Waals surface area contributed by atoms with Gasteiger partial charge in [-0.25, -0.2) is 19.9 Å². The summed E-state index contributed by atoms with van der Waals surface area (Å²) in [7, 11) is 2.17. The molecule has 6 rings (SSSR count). The van der Waals surface area contributed by atoms with Gasteiger partial charge in [0.05, 0.1) is 23.6 Å². The summed E-state index contributed by atoms with van der Waals surface area (Å²) in [5.41, 5.74) is 2.87. The zero-order valence-electron chi connectivity index (χ0n) is 18.5. The third-order valence-corrected chi connectivity index (χ3v) is 7.18. The second-order valence-electron chi connectivity index (χ2n) is 9.27. The van der Waals surface area contributed by atoms with Crippen molar-refractivity contribution in [3.63, 3.8) is 0 Å². The number of anilines is 3. The van der Waals surface area contributed by atoms with Gasteiger partial charge >= 0.3 is 0 Å². The van der Waals surface area contributed by atoms with E-state index in [4.69, 9.17) is 9.97 Å². The molecule has 1 saturated carbocycles. The Balaban J connectivity index is 1.27. The molecule has 3 aromatic heterocycles. The van der Waals surface area contributed by atoms with E-state index in [0.29, 0.717) is 5.95 Å². The number of imidazole rings is 1. The first-order valence-corrected chi connectivity index (χ1v) is 11.7. The Labute approximate surface area is 187 Å². The minimum absolute atomic E-state index is 0.0537. The molecule has 166 valence electrons. The normalized spacial score (nSPS) is 20.6. The smallest absolute Gasteiger partial charge is 0.232 e. The lowest BCUT2D eigenvalue weighted by Gasteiger charge is -2.39. The summed E-state index contributed by atoms with van der Waals surface area (Å²) in [5, 5.41) is 3.28. The van der Waals surface area contributed by atoms with Gasteiger partial charge in [0.15, 0.2) is 5.65 Å². The first-order valence-electron chi connectivity index (χ1n) is 11.7. The molecule has 1 saturated heterocycles. The predicted molar refractivity (Wildman–Crippen MR) is 126 cm³/mol. The van der Waals surface area contributed by atoms with E-state index >= 15 is 0 Å². The van der Waals surface area contributed by atoms with Crippen LogP contribution in [-0.2, 0) is 5.54 Å². The van der Waals surface area contributed by atoms with Crippen molar-refractivity contribution < 1.29 is 0 Å². The minimum Gasteiger partial charge on any atom is -0.368 e. The molecule has 0 unspecified atom stereocenters. The van der Waals surface area contributed by atoms with Crippen LogP contribution in [0.4, 0.5) is 23.4 Å². The molecule has 1 N–H and O–H groups in total. The summed E-state index contributed by atoms with van der Waals surface area (Å²) >= 11 is 0. The van der Waals surface area contributed by atoms with Crippen LogP contribution >= 0.6 is 0 Å². The van der Waals surface area contributed by atoms with E-state index in [0.717, 1.165) is 74.1 Å². The van der Waals surface area contributed by atoms with Crippen LogP contribution in [0.25, 0.3) is 11.2 Å². The largest absolute Gasteiger partial charge is 0.368 e. The standard InChI is InChI=1S/C23H29N9/c1-30-11-13-31(14-12-30)17-5-6-19(25-15-17)28-21-26-16-18-20(29-21)32-22(27-18)24-10-9-23(32)7-3-2-4-8-23/h5-6,10,15-16H,2-4,7-9,11-14H2,1H3,(H,25,26,28,29). The maximum absolute atomic E-state index is 4.86. The Morgan fingerprint density at radius 1 is 0.938 bits per heavy atom. The number of hydrogen-bond donors (Lipinski definition) is 1. The number of pyridine rings is 1. The van der Waals surface area contributed by atoms with Gasteiger partial charge < -0.3 is 15.1 Å². The van der Waals surface area contributed by atoms with Gasteiger partial charge in [-0.1, -0.05) is 19.3 Å². The monoisotopic (exact) mass is 431 g/mol. The third-order valence-electron chi connectivity index (χ3n) is 7.18. The number of aromatic nitrogens is 5. The van der Waals surface area contributed by atoms with Crippen LogP contribution in [0.5, 0.6) is 0 Å². The fourth-order valence-electron chi connectivity index (χ4n) is 5.30. The molecule has 2 fully saturated rings. The number of nitrogens with zero attached hydrogens (tertiary/aromatic N) is 8. The molecule has 32 heavy (non-hydrogen) atoms. The number of aliphatic imine (C=N–C) groups is 1. The van der Waals surface area contributed by atoms with Gasteiger partial charge in [0.1, 0.15) is 11.3 Å². The lowest BCUT2D eigenvalue weighted by atomic mass is 9.79. The van der Waals surface area contributed by atoms with Crippen molar-refractivity contribution in [1.29, 1.82) is 0 Å². The molecule has 5 heterocycles. The Kier molecular flexibility index (Phi) is 4.78. The summed E-state index contributed by atoms with van der Waals surface area (Å²) in [6.07, 6.45) is 12.8. The van der Waals surface area contributed by atoms with Crippen molar-refractivity contribution >= 4 is 40.8 Å². The average Bonchev–Trinajstić information content (AvgIpc) is 3.20. The molecular formula is C23H29N9. The summed E-state index contributed by atoms with van der Waals surface area (Å²) in [6.45, 7) is 4.21. The molecule has 0 bridgehead atoms. The fourth-order valence-corrected chi connectivity index (χ4v) is 5.30. The predicted octanol–water partition coefficient (Wildman–Crippen LogP) is 3.48. The fraction of sp³-hybridized carbons (Fsp3) is 0.522. The van der Waals surface area contributed by atoms with Crippen molar-refractivity contribution in [2.45, 2.75) is 44.1 Å². The summed E-state index contributed by atoms with van der Waals surface area (Å²) in [5.74, 6) is 2.04. The molecule has 0 aromatic carbocycles. The van der Waals surface area contributed by atoms with Gasteiger partial charge in [0, 0.05) is 38.8 Å². The van der Waals surface area contributed by atoms with E-state index in [1.54, 1.807) is 6.20 Å².